The number of aryl methyl sites for hydroxylation is 1. The van der Waals surface area contributed by atoms with Gasteiger partial charge in [-0.05, 0) is 23.8 Å². The van der Waals surface area contributed by atoms with Gasteiger partial charge in [0.15, 0.2) is 5.82 Å². The third-order valence-electron chi connectivity index (χ3n) is 3.99. The zero-order valence-electron chi connectivity index (χ0n) is 14.9. The fourth-order valence-corrected chi connectivity index (χ4v) is 2.65. The third kappa shape index (κ3) is 5.21. The molecule has 0 radical (unpaired) electrons. The molecular weight excluding hydrogens is 391 g/mol. The maximum Gasteiger partial charge on any atom is 0.416 e. The van der Waals surface area contributed by atoms with Gasteiger partial charge in [-0.3, -0.25) is 14.2 Å². The summed E-state index contributed by atoms with van der Waals surface area (Å²) < 4.78 is 41.0. The van der Waals surface area contributed by atoms with E-state index < -0.39 is 23.6 Å². The molecule has 0 aliphatic rings. The second-order valence-corrected chi connectivity index (χ2v) is 6.14. The number of rotatable bonds is 7. The Morgan fingerprint density at radius 3 is 2.69 bits per heavy atom. The minimum Gasteiger partial charge on any atom is -0.477 e. The van der Waals surface area contributed by atoms with Gasteiger partial charge < -0.3 is 10.4 Å². The van der Waals surface area contributed by atoms with Crippen LogP contribution in [0.4, 0.5) is 19.0 Å². The predicted molar refractivity (Wildman–Crippen MR) is 95.2 cm³/mol. The summed E-state index contributed by atoms with van der Waals surface area (Å²) in [6.45, 7) is 0.181. The number of carboxylic acid groups (broad SMARTS) is 1. The highest BCUT2D eigenvalue weighted by Crippen LogP contribution is 2.29. The number of benzene rings is 1. The summed E-state index contributed by atoms with van der Waals surface area (Å²) in [6.07, 6.45) is -1.58. The van der Waals surface area contributed by atoms with E-state index in [0.29, 0.717) is 5.56 Å². The third-order valence-corrected chi connectivity index (χ3v) is 3.99. The number of alkyl halides is 3. The van der Waals surface area contributed by atoms with Gasteiger partial charge in [-0.25, -0.2) is 4.79 Å². The molecule has 29 heavy (non-hydrogen) atoms. The van der Waals surface area contributed by atoms with Crippen molar-refractivity contribution in [2.24, 2.45) is 0 Å². The number of nitrogens with one attached hydrogen (secondary N) is 1. The first-order chi connectivity index (χ1) is 13.7. The van der Waals surface area contributed by atoms with Crippen LogP contribution in [0.15, 0.2) is 48.8 Å². The summed E-state index contributed by atoms with van der Waals surface area (Å²) >= 11 is 0. The monoisotopic (exact) mass is 407 g/mol. The van der Waals surface area contributed by atoms with Crippen LogP contribution in [0.3, 0.4) is 0 Å². The SMILES string of the molecule is O=C(CCn1nccc1C(=O)O)Nc1ccn(Cc2cccc(C(F)(F)F)c2)n1. The molecule has 2 heterocycles. The normalized spacial score (nSPS) is 11.4. The fraction of sp³-hybridized carbons (Fsp3) is 0.222. The largest absolute Gasteiger partial charge is 0.477 e. The summed E-state index contributed by atoms with van der Waals surface area (Å²) in [7, 11) is 0. The van der Waals surface area contributed by atoms with Crippen molar-refractivity contribution in [2.45, 2.75) is 25.7 Å². The number of nitrogens with zero attached hydrogens (tertiary/aromatic N) is 4. The first kappa shape index (κ1) is 20.1. The Labute approximate surface area is 162 Å². The van der Waals surface area contributed by atoms with Gasteiger partial charge in [0.25, 0.3) is 0 Å². The highest BCUT2D eigenvalue weighted by molar-refractivity contribution is 5.89. The maximum atomic E-state index is 12.8. The number of carbonyl (C=O) groups is 2. The average Bonchev–Trinajstić information content (AvgIpc) is 3.29. The Morgan fingerprint density at radius 1 is 1.17 bits per heavy atom. The summed E-state index contributed by atoms with van der Waals surface area (Å²) in [6, 6.07) is 7.76. The molecule has 0 atom stereocenters. The van der Waals surface area contributed by atoms with Gasteiger partial charge >= 0.3 is 12.1 Å². The van der Waals surface area contributed by atoms with Crippen LogP contribution in [-0.4, -0.2) is 36.5 Å². The Hall–Kier alpha value is -3.63. The van der Waals surface area contributed by atoms with Crippen molar-refractivity contribution < 1.29 is 27.9 Å². The standard InChI is InChI=1S/C18H16F3N5O3/c19-18(20,21)13-3-1-2-12(10-13)11-25-8-5-15(24-25)23-16(27)6-9-26-14(17(28)29)4-7-22-26/h1-5,7-8,10H,6,9,11H2,(H,28,29)(H,23,24,27). The predicted octanol–water partition coefficient (Wildman–Crippen LogP) is 2.87. The number of halogens is 3. The van der Waals surface area contributed by atoms with E-state index in [-0.39, 0.29) is 31.0 Å². The van der Waals surface area contributed by atoms with Gasteiger partial charge in [-0.1, -0.05) is 12.1 Å². The topological polar surface area (TPSA) is 102 Å². The fourth-order valence-electron chi connectivity index (χ4n) is 2.65. The summed E-state index contributed by atoms with van der Waals surface area (Å²) in [4.78, 5) is 23.0. The van der Waals surface area contributed by atoms with E-state index in [2.05, 4.69) is 15.5 Å². The van der Waals surface area contributed by atoms with Crippen LogP contribution in [0, 0.1) is 0 Å². The molecule has 0 aliphatic carbocycles. The highest BCUT2D eigenvalue weighted by Gasteiger charge is 2.30. The van der Waals surface area contributed by atoms with Gasteiger partial charge in [-0.15, -0.1) is 0 Å². The molecule has 3 aromatic rings. The molecule has 8 nitrogen and oxygen atoms in total. The molecule has 0 saturated carbocycles. The number of carboxylic acids is 1. The lowest BCUT2D eigenvalue weighted by Gasteiger charge is -2.09. The lowest BCUT2D eigenvalue weighted by Crippen LogP contribution is -2.17. The molecule has 152 valence electrons. The number of amides is 1. The van der Waals surface area contributed by atoms with Gasteiger partial charge in [-0.2, -0.15) is 23.4 Å². The number of carbonyl (C=O) groups excluding carboxylic acids is 1. The summed E-state index contributed by atoms with van der Waals surface area (Å²) in [5, 5.41) is 19.5. The summed E-state index contributed by atoms with van der Waals surface area (Å²) in [5.74, 6) is -1.31. The molecule has 0 spiro atoms. The Morgan fingerprint density at radius 2 is 1.97 bits per heavy atom. The lowest BCUT2D eigenvalue weighted by molar-refractivity contribution is -0.137. The van der Waals surface area contributed by atoms with Crippen LogP contribution >= 0.6 is 0 Å². The van der Waals surface area contributed by atoms with Gasteiger partial charge in [0.05, 0.1) is 18.7 Å². The number of hydrogen-bond acceptors (Lipinski definition) is 4. The lowest BCUT2D eigenvalue weighted by atomic mass is 10.1. The van der Waals surface area contributed by atoms with E-state index in [1.165, 1.54) is 40.0 Å². The molecule has 0 saturated heterocycles. The number of aromatic carboxylic acids is 1. The van der Waals surface area contributed by atoms with Crippen molar-refractivity contribution in [1.29, 1.82) is 0 Å². The smallest absolute Gasteiger partial charge is 0.416 e. The van der Waals surface area contributed by atoms with Crippen molar-refractivity contribution in [1.82, 2.24) is 19.6 Å². The maximum absolute atomic E-state index is 12.8. The van der Waals surface area contributed by atoms with Gasteiger partial charge in [0.2, 0.25) is 5.91 Å². The Balaban J connectivity index is 1.57. The van der Waals surface area contributed by atoms with E-state index in [1.54, 1.807) is 6.07 Å². The molecule has 0 aliphatic heterocycles. The molecule has 0 bridgehead atoms. The van der Waals surface area contributed by atoms with Gasteiger partial charge in [0.1, 0.15) is 5.69 Å². The number of aromatic nitrogens is 4. The van der Waals surface area contributed by atoms with Crippen LogP contribution in [0.5, 0.6) is 0 Å². The highest BCUT2D eigenvalue weighted by atomic mass is 19.4. The quantitative estimate of drug-likeness (QED) is 0.627. The van der Waals surface area contributed by atoms with E-state index in [0.717, 1.165) is 12.1 Å². The van der Waals surface area contributed by atoms with E-state index >= 15 is 0 Å². The van der Waals surface area contributed by atoms with E-state index in [9.17, 15) is 22.8 Å². The van der Waals surface area contributed by atoms with Crippen LogP contribution in [0.1, 0.15) is 28.0 Å². The first-order valence-corrected chi connectivity index (χ1v) is 8.47. The first-order valence-electron chi connectivity index (χ1n) is 8.47. The van der Waals surface area contributed by atoms with Crippen LogP contribution < -0.4 is 5.32 Å². The van der Waals surface area contributed by atoms with Crippen molar-refractivity contribution >= 4 is 17.7 Å². The molecular formula is C18H16F3N5O3. The van der Waals surface area contributed by atoms with E-state index in [4.69, 9.17) is 5.11 Å². The van der Waals surface area contributed by atoms with Crippen molar-refractivity contribution in [3.05, 3.63) is 65.6 Å². The second kappa shape index (κ2) is 8.17. The van der Waals surface area contributed by atoms with Crippen LogP contribution in [0.25, 0.3) is 0 Å². The molecule has 1 amide bonds. The molecule has 2 aromatic heterocycles. The minimum atomic E-state index is -4.42. The van der Waals surface area contributed by atoms with E-state index in [1.807, 2.05) is 0 Å². The minimum absolute atomic E-state index is 0.0248. The van der Waals surface area contributed by atoms with Crippen LogP contribution in [-0.2, 0) is 24.1 Å². The van der Waals surface area contributed by atoms with Gasteiger partial charge in [0, 0.05) is 24.9 Å². The molecule has 0 unspecified atom stereocenters. The molecule has 2 N–H and O–H groups in total. The van der Waals surface area contributed by atoms with Crippen molar-refractivity contribution in [3.8, 4) is 0 Å². The molecule has 0 fully saturated rings. The van der Waals surface area contributed by atoms with Crippen LogP contribution in [0.2, 0.25) is 0 Å². The Kier molecular flexibility index (Phi) is 5.66. The van der Waals surface area contributed by atoms with Crippen molar-refractivity contribution in [3.63, 3.8) is 0 Å². The zero-order valence-corrected chi connectivity index (χ0v) is 14.9. The zero-order chi connectivity index (χ0) is 21.0. The molecule has 11 heteroatoms. The Bertz CT molecular complexity index is 1030. The number of hydrogen-bond donors (Lipinski definition) is 2. The second-order valence-electron chi connectivity index (χ2n) is 6.14. The average molecular weight is 407 g/mol. The molecule has 3 rings (SSSR count). The number of anilines is 1. The van der Waals surface area contributed by atoms with Crippen molar-refractivity contribution in [2.75, 3.05) is 5.32 Å². The summed E-state index contributed by atoms with van der Waals surface area (Å²) in [5.41, 5.74) is -0.348. The molecule has 1 aromatic carbocycles.